The minimum Gasteiger partial charge on any atom is -0.384 e. The minimum absolute atomic E-state index is 0.0287. The number of H-pyrrole nitrogens is 1. The van der Waals surface area contributed by atoms with Crippen molar-refractivity contribution in [1.29, 1.82) is 0 Å². The van der Waals surface area contributed by atoms with E-state index in [-0.39, 0.29) is 10.3 Å². The summed E-state index contributed by atoms with van der Waals surface area (Å²) in [6, 6.07) is 6.59. The largest absolute Gasteiger partial charge is 0.384 e. The van der Waals surface area contributed by atoms with Crippen LogP contribution in [0.25, 0.3) is 5.69 Å². The zero-order chi connectivity index (χ0) is 12.6. The van der Waals surface area contributed by atoms with Gasteiger partial charge in [0, 0.05) is 5.02 Å². The third-order valence-corrected chi connectivity index (χ3v) is 3.16. The van der Waals surface area contributed by atoms with Gasteiger partial charge in [0.05, 0.1) is 5.69 Å². The summed E-state index contributed by atoms with van der Waals surface area (Å²) >= 11 is 8.85. The maximum atomic E-state index is 11.7. The van der Waals surface area contributed by atoms with Crippen LogP contribution in [0.4, 0.5) is 5.82 Å². The summed E-state index contributed by atoms with van der Waals surface area (Å²) in [6.45, 7) is 0. The van der Waals surface area contributed by atoms with Crippen molar-refractivity contribution in [2.24, 2.45) is 0 Å². The molecular formula is C10H7BrClN3O2. The van der Waals surface area contributed by atoms with Crippen LogP contribution in [0.1, 0.15) is 0 Å². The van der Waals surface area contributed by atoms with Gasteiger partial charge in [-0.15, -0.1) is 0 Å². The van der Waals surface area contributed by atoms with Gasteiger partial charge in [0.15, 0.2) is 0 Å². The molecule has 0 bridgehead atoms. The lowest BCUT2D eigenvalue weighted by molar-refractivity contribution is 0.900. The van der Waals surface area contributed by atoms with Crippen LogP contribution in [0.15, 0.2) is 38.3 Å². The van der Waals surface area contributed by atoms with Crippen molar-refractivity contribution in [3.63, 3.8) is 0 Å². The summed E-state index contributed by atoms with van der Waals surface area (Å²) in [6.07, 6.45) is 0. The highest BCUT2D eigenvalue weighted by molar-refractivity contribution is 9.10. The van der Waals surface area contributed by atoms with Gasteiger partial charge in [-0.1, -0.05) is 17.7 Å². The van der Waals surface area contributed by atoms with Crippen molar-refractivity contribution in [3.8, 4) is 5.69 Å². The predicted octanol–water partition coefficient (Wildman–Crippen LogP) is 1.52. The Bertz CT molecular complexity index is 693. The molecule has 0 unspecified atom stereocenters. The highest BCUT2D eigenvalue weighted by atomic mass is 79.9. The second-order valence-corrected chi connectivity index (χ2v) is 4.50. The quantitative estimate of drug-likeness (QED) is 0.837. The number of aromatic amines is 1. The predicted molar refractivity (Wildman–Crippen MR) is 69.8 cm³/mol. The summed E-state index contributed by atoms with van der Waals surface area (Å²) in [5.41, 5.74) is 5.03. The number of aromatic nitrogens is 2. The number of benzene rings is 1. The first-order chi connectivity index (χ1) is 8.00. The van der Waals surface area contributed by atoms with E-state index in [4.69, 9.17) is 17.3 Å². The molecule has 5 nitrogen and oxygen atoms in total. The van der Waals surface area contributed by atoms with E-state index >= 15 is 0 Å². The normalized spacial score (nSPS) is 10.5. The molecule has 17 heavy (non-hydrogen) atoms. The highest BCUT2D eigenvalue weighted by Gasteiger charge is 2.11. The minimum atomic E-state index is -0.613. The van der Waals surface area contributed by atoms with Crippen LogP contribution in [0.3, 0.4) is 0 Å². The molecule has 0 atom stereocenters. The molecule has 3 N–H and O–H groups in total. The molecule has 0 amide bonds. The average Bonchev–Trinajstić information content (AvgIpc) is 2.26. The average molecular weight is 317 g/mol. The topological polar surface area (TPSA) is 80.9 Å². The number of rotatable bonds is 1. The van der Waals surface area contributed by atoms with Crippen molar-refractivity contribution in [2.75, 3.05) is 5.73 Å². The molecule has 0 fully saturated rings. The maximum absolute atomic E-state index is 11.7. The maximum Gasteiger partial charge on any atom is 0.334 e. The molecule has 0 aliphatic heterocycles. The number of hydrogen-bond acceptors (Lipinski definition) is 3. The second kappa shape index (κ2) is 4.38. The van der Waals surface area contributed by atoms with E-state index in [2.05, 4.69) is 20.9 Å². The van der Waals surface area contributed by atoms with Crippen molar-refractivity contribution in [2.45, 2.75) is 0 Å². The van der Waals surface area contributed by atoms with Gasteiger partial charge in [-0.3, -0.25) is 9.78 Å². The van der Waals surface area contributed by atoms with Gasteiger partial charge in [-0.25, -0.2) is 9.36 Å². The van der Waals surface area contributed by atoms with Crippen LogP contribution >= 0.6 is 27.5 Å². The summed E-state index contributed by atoms with van der Waals surface area (Å²) < 4.78 is 1.27. The Hall–Kier alpha value is -1.53. The lowest BCUT2D eigenvalue weighted by Crippen LogP contribution is -2.31. The van der Waals surface area contributed by atoms with Crippen LogP contribution in [0, 0.1) is 0 Å². The third-order valence-electron chi connectivity index (χ3n) is 2.16. The van der Waals surface area contributed by atoms with Crippen LogP contribution in [0.2, 0.25) is 5.02 Å². The van der Waals surface area contributed by atoms with E-state index in [0.29, 0.717) is 10.7 Å². The Morgan fingerprint density at radius 1 is 1.35 bits per heavy atom. The summed E-state index contributed by atoms with van der Waals surface area (Å²) in [4.78, 5) is 25.1. The zero-order valence-corrected chi connectivity index (χ0v) is 10.7. The number of hydrogen-bond donors (Lipinski definition) is 2. The SMILES string of the molecule is Nc1c(Br)c(=O)[nH]c(=O)n1-c1cccc(Cl)c1. The van der Waals surface area contributed by atoms with Crippen molar-refractivity contribution in [1.82, 2.24) is 9.55 Å². The van der Waals surface area contributed by atoms with Gasteiger partial charge in [0.2, 0.25) is 0 Å². The Labute approximate surface area is 109 Å². The zero-order valence-electron chi connectivity index (χ0n) is 8.41. The van der Waals surface area contributed by atoms with Gasteiger partial charge in [0.25, 0.3) is 5.56 Å². The Balaban J connectivity index is 2.81. The number of nitrogens with one attached hydrogen (secondary N) is 1. The van der Waals surface area contributed by atoms with E-state index in [0.717, 1.165) is 4.57 Å². The van der Waals surface area contributed by atoms with E-state index < -0.39 is 11.2 Å². The fourth-order valence-corrected chi connectivity index (χ4v) is 1.86. The first-order valence-electron chi connectivity index (χ1n) is 4.57. The fourth-order valence-electron chi connectivity index (χ4n) is 1.40. The van der Waals surface area contributed by atoms with Crippen molar-refractivity contribution >= 4 is 33.3 Å². The van der Waals surface area contributed by atoms with Gasteiger partial charge >= 0.3 is 5.69 Å². The van der Waals surface area contributed by atoms with Crippen LogP contribution in [-0.2, 0) is 0 Å². The third kappa shape index (κ3) is 2.13. The number of anilines is 1. The Kier molecular flexibility index (Phi) is 3.08. The van der Waals surface area contributed by atoms with Crippen LogP contribution in [0.5, 0.6) is 0 Å². The number of nitrogens with two attached hydrogens (primary N) is 1. The van der Waals surface area contributed by atoms with E-state index in [9.17, 15) is 9.59 Å². The molecule has 0 aliphatic rings. The van der Waals surface area contributed by atoms with E-state index in [1.807, 2.05) is 0 Å². The number of halogens is 2. The van der Waals surface area contributed by atoms with Crippen molar-refractivity contribution in [3.05, 3.63) is 54.6 Å². The summed E-state index contributed by atoms with van der Waals surface area (Å²) in [7, 11) is 0. The first kappa shape index (κ1) is 11.9. The van der Waals surface area contributed by atoms with E-state index in [1.165, 1.54) is 0 Å². The van der Waals surface area contributed by atoms with Gasteiger partial charge in [0.1, 0.15) is 10.3 Å². The molecule has 0 radical (unpaired) electrons. The van der Waals surface area contributed by atoms with Gasteiger partial charge < -0.3 is 5.73 Å². The molecule has 88 valence electrons. The van der Waals surface area contributed by atoms with Gasteiger partial charge in [-0.2, -0.15) is 0 Å². The molecule has 1 aromatic carbocycles. The molecule has 1 heterocycles. The molecule has 2 aromatic rings. The molecule has 0 aliphatic carbocycles. The first-order valence-corrected chi connectivity index (χ1v) is 5.74. The van der Waals surface area contributed by atoms with Crippen LogP contribution < -0.4 is 17.0 Å². The molecule has 0 saturated carbocycles. The molecule has 2 rings (SSSR count). The number of nitrogen functional groups attached to an aromatic ring is 1. The van der Waals surface area contributed by atoms with Crippen LogP contribution in [-0.4, -0.2) is 9.55 Å². The fraction of sp³-hybridized carbons (Fsp3) is 0. The lowest BCUT2D eigenvalue weighted by atomic mass is 10.3. The van der Waals surface area contributed by atoms with Crippen molar-refractivity contribution < 1.29 is 0 Å². The summed E-state index contributed by atoms with van der Waals surface area (Å²) in [5, 5.41) is 0.469. The lowest BCUT2D eigenvalue weighted by Gasteiger charge is -2.09. The standard InChI is InChI=1S/C10H7BrClN3O2/c11-7-8(13)15(10(17)14-9(7)16)6-3-1-2-5(12)4-6/h1-4H,13H2,(H,14,16,17). The van der Waals surface area contributed by atoms with Gasteiger partial charge in [-0.05, 0) is 34.1 Å². The number of nitrogens with zero attached hydrogens (tertiary/aromatic N) is 1. The highest BCUT2D eigenvalue weighted by Crippen LogP contribution is 2.18. The molecule has 7 heteroatoms. The summed E-state index contributed by atoms with van der Waals surface area (Å²) in [5.74, 6) is 0.0287. The molecule has 1 aromatic heterocycles. The monoisotopic (exact) mass is 315 g/mol. The second-order valence-electron chi connectivity index (χ2n) is 3.27. The smallest absolute Gasteiger partial charge is 0.334 e. The molecular weight excluding hydrogens is 309 g/mol. The molecule has 0 saturated heterocycles. The Morgan fingerprint density at radius 2 is 2.06 bits per heavy atom. The Morgan fingerprint density at radius 3 is 2.71 bits per heavy atom. The van der Waals surface area contributed by atoms with E-state index in [1.54, 1.807) is 24.3 Å². The molecule has 0 spiro atoms.